The van der Waals surface area contributed by atoms with Gasteiger partial charge >= 0.3 is 0 Å². The molecule has 0 spiro atoms. The first-order chi connectivity index (χ1) is 13.9. The first-order valence-corrected chi connectivity index (χ1v) is 11.2. The van der Waals surface area contributed by atoms with Crippen LogP contribution in [0, 0.1) is 17.8 Å². The Morgan fingerprint density at radius 2 is 1.90 bits per heavy atom. The molecule has 2 aromatic carbocycles. The second kappa shape index (κ2) is 7.59. The van der Waals surface area contributed by atoms with Crippen LogP contribution in [-0.2, 0) is 14.8 Å². The third-order valence-corrected chi connectivity index (χ3v) is 7.33. The molecule has 0 aromatic heterocycles. The van der Waals surface area contributed by atoms with Crippen LogP contribution in [0.4, 0.5) is 11.4 Å². The van der Waals surface area contributed by atoms with E-state index in [-0.39, 0.29) is 28.2 Å². The fourth-order valence-electron chi connectivity index (χ4n) is 4.51. The highest BCUT2D eigenvalue weighted by Crippen LogP contribution is 2.48. The summed E-state index contributed by atoms with van der Waals surface area (Å²) in [5, 5.41) is 12.9. The second-order valence-electron chi connectivity index (χ2n) is 7.76. The number of amides is 1. The highest BCUT2D eigenvalue weighted by Gasteiger charge is 2.43. The minimum Gasteiger partial charge on any atom is -0.506 e. The van der Waals surface area contributed by atoms with Gasteiger partial charge in [-0.15, -0.1) is 0 Å². The van der Waals surface area contributed by atoms with Crippen LogP contribution >= 0.6 is 0 Å². The summed E-state index contributed by atoms with van der Waals surface area (Å²) in [5.74, 6) is 1.000. The van der Waals surface area contributed by atoms with Gasteiger partial charge in [0.25, 0.3) is 10.0 Å². The molecule has 7 nitrogen and oxygen atoms in total. The molecule has 2 saturated carbocycles. The van der Waals surface area contributed by atoms with E-state index < -0.39 is 10.0 Å². The summed E-state index contributed by atoms with van der Waals surface area (Å²) >= 11 is 0. The number of ether oxygens (including phenoxy) is 1. The molecule has 0 aliphatic heterocycles. The Labute approximate surface area is 170 Å². The van der Waals surface area contributed by atoms with Crippen LogP contribution in [0.5, 0.6) is 11.5 Å². The van der Waals surface area contributed by atoms with Crippen LogP contribution in [0.3, 0.4) is 0 Å². The van der Waals surface area contributed by atoms with Crippen molar-refractivity contribution in [3.63, 3.8) is 0 Å². The summed E-state index contributed by atoms with van der Waals surface area (Å²) in [6.45, 7) is 0. The number of hydrogen-bond acceptors (Lipinski definition) is 5. The van der Waals surface area contributed by atoms with Gasteiger partial charge < -0.3 is 15.2 Å². The molecule has 3 N–H and O–H groups in total. The fourth-order valence-corrected chi connectivity index (χ4v) is 5.60. The molecular formula is C21H24N2O5S. The van der Waals surface area contributed by atoms with E-state index in [1.54, 1.807) is 24.3 Å². The van der Waals surface area contributed by atoms with Gasteiger partial charge in [-0.3, -0.25) is 9.52 Å². The molecule has 29 heavy (non-hydrogen) atoms. The zero-order valence-corrected chi connectivity index (χ0v) is 16.9. The second-order valence-corrected chi connectivity index (χ2v) is 9.44. The van der Waals surface area contributed by atoms with E-state index in [4.69, 9.17) is 4.74 Å². The number of anilines is 2. The lowest BCUT2D eigenvalue weighted by molar-refractivity contribution is -0.121. The van der Waals surface area contributed by atoms with Gasteiger partial charge in [-0.05, 0) is 61.4 Å². The Hall–Kier alpha value is -2.74. The summed E-state index contributed by atoms with van der Waals surface area (Å²) in [7, 11) is -2.49. The van der Waals surface area contributed by atoms with Crippen molar-refractivity contribution in [1.29, 1.82) is 0 Å². The number of carbonyl (C=O) groups excluding carboxylic acids is 1. The highest BCUT2D eigenvalue weighted by molar-refractivity contribution is 7.92. The summed E-state index contributed by atoms with van der Waals surface area (Å²) in [4.78, 5) is 12.6. The van der Waals surface area contributed by atoms with Crippen LogP contribution in [0.1, 0.15) is 25.7 Å². The van der Waals surface area contributed by atoms with E-state index in [1.165, 1.54) is 31.7 Å². The standard InChI is InChI=1S/C21H24N2O5S/c1-28-20-5-3-2-4-17(20)23-29(26,27)15-8-9-19(24)18(12-15)22-21(25)16-11-13-6-7-14(16)10-13/h2-5,8-9,12-14,16,23-24H,6-7,10-11H2,1H3,(H,22,25). The Morgan fingerprint density at radius 1 is 1.10 bits per heavy atom. The summed E-state index contributed by atoms with van der Waals surface area (Å²) < 4.78 is 33.3. The number of benzene rings is 2. The van der Waals surface area contributed by atoms with Gasteiger partial charge in [-0.1, -0.05) is 18.6 Å². The molecule has 2 aromatic rings. The van der Waals surface area contributed by atoms with E-state index >= 15 is 0 Å². The van der Waals surface area contributed by atoms with Crippen molar-refractivity contribution in [2.24, 2.45) is 17.8 Å². The van der Waals surface area contributed by atoms with Crippen molar-refractivity contribution in [3.05, 3.63) is 42.5 Å². The van der Waals surface area contributed by atoms with E-state index in [0.717, 1.165) is 19.3 Å². The zero-order chi connectivity index (χ0) is 20.6. The molecule has 0 heterocycles. The monoisotopic (exact) mass is 416 g/mol. The van der Waals surface area contributed by atoms with Crippen LogP contribution in [-0.4, -0.2) is 26.5 Å². The normalized spacial score (nSPS) is 23.0. The summed E-state index contributed by atoms with van der Waals surface area (Å²) in [5.41, 5.74) is 0.399. The number of sulfonamides is 1. The molecule has 154 valence electrons. The van der Waals surface area contributed by atoms with Crippen LogP contribution < -0.4 is 14.8 Å². The molecule has 0 saturated heterocycles. The van der Waals surface area contributed by atoms with E-state index in [0.29, 0.717) is 23.3 Å². The van der Waals surface area contributed by atoms with Gasteiger partial charge in [0.05, 0.1) is 23.4 Å². The maximum Gasteiger partial charge on any atom is 0.262 e. The fraction of sp³-hybridized carbons (Fsp3) is 0.381. The van der Waals surface area contributed by atoms with Crippen LogP contribution in [0.15, 0.2) is 47.4 Å². The maximum absolute atomic E-state index is 12.8. The van der Waals surface area contributed by atoms with E-state index in [2.05, 4.69) is 10.0 Å². The van der Waals surface area contributed by atoms with Crippen molar-refractivity contribution in [3.8, 4) is 11.5 Å². The number of para-hydroxylation sites is 2. The van der Waals surface area contributed by atoms with Crippen molar-refractivity contribution >= 4 is 27.3 Å². The average molecular weight is 416 g/mol. The molecule has 2 aliphatic rings. The van der Waals surface area contributed by atoms with Crippen molar-refractivity contribution < 1.29 is 23.1 Å². The molecule has 3 unspecified atom stereocenters. The quantitative estimate of drug-likeness (QED) is 0.625. The largest absolute Gasteiger partial charge is 0.506 e. The summed E-state index contributed by atoms with van der Waals surface area (Å²) in [6, 6.07) is 10.5. The topological polar surface area (TPSA) is 105 Å². The molecule has 2 bridgehead atoms. The van der Waals surface area contributed by atoms with E-state index in [1.807, 2.05) is 0 Å². The molecule has 2 fully saturated rings. The van der Waals surface area contributed by atoms with Gasteiger partial charge in [0.15, 0.2) is 0 Å². The van der Waals surface area contributed by atoms with Crippen LogP contribution in [0.25, 0.3) is 0 Å². The van der Waals surface area contributed by atoms with Gasteiger partial charge in [0, 0.05) is 5.92 Å². The minimum absolute atomic E-state index is 0.0653. The van der Waals surface area contributed by atoms with Crippen molar-refractivity contribution in [2.75, 3.05) is 17.1 Å². The highest BCUT2D eigenvalue weighted by atomic mass is 32.2. The number of phenols is 1. The number of fused-ring (bicyclic) bond motifs is 2. The van der Waals surface area contributed by atoms with Gasteiger partial charge in [0.1, 0.15) is 11.5 Å². The number of aromatic hydroxyl groups is 1. The lowest BCUT2D eigenvalue weighted by Crippen LogP contribution is -2.27. The molecule has 8 heteroatoms. The first kappa shape index (κ1) is 19.6. The zero-order valence-electron chi connectivity index (χ0n) is 16.1. The Bertz CT molecular complexity index is 1040. The Morgan fingerprint density at radius 3 is 2.59 bits per heavy atom. The average Bonchev–Trinajstić information content (AvgIpc) is 3.33. The van der Waals surface area contributed by atoms with E-state index in [9.17, 15) is 18.3 Å². The smallest absolute Gasteiger partial charge is 0.262 e. The number of phenolic OH excluding ortho intramolecular Hbond substituents is 1. The van der Waals surface area contributed by atoms with Crippen LogP contribution in [0.2, 0.25) is 0 Å². The van der Waals surface area contributed by atoms with Crippen molar-refractivity contribution in [1.82, 2.24) is 0 Å². The molecular weight excluding hydrogens is 392 g/mol. The lowest BCUT2D eigenvalue weighted by atomic mass is 9.88. The molecule has 1 amide bonds. The third kappa shape index (κ3) is 3.89. The first-order valence-electron chi connectivity index (χ1n) is 9.67. The Balaban J connectivity index is 1.55. The molecule has 3 atom stereocenters. The van der Waals surface area contributed by atoms with Gasteiger partial charge in [-0.25, -0.2) is 8.42 Å². The number of nitrogens with one attached hydrogen (secondary N) is 2. The molecule has 0 radical (unpaired) electrons. The lowest BCUT2D eigenvalue weighted by Gasteiger charge is -2.21. The molecule has 4 rings (SSSR count). The Kier molecular flexibility index (Phi) is 5.12. The minimum atomic E-state index is -3.94. The SMILES string of the molecule is COc1ccccc1NS(=O)(=O)c1ccc(O)c(NC(=O)C2CC3CCC2C3)c1. The number of carbonyl (C=O) groups is 1. The van der Waals surface area contributed by atoms with Crippen molar-refractivity contribution in [2.45, 2.75) is 30.6 Å². The number of methoxy groups -OCH3 is 1. The third-order valence-electron chi connectivity index (χ3n) is 5.96. The summed E-state index contributed by atoms with van der Waals surface area (Å²) in [6.07, 6.45) is 4.19. The number of rotatable bonds is 6. The predicted octanol–water partition coefficient (Wildman–Crippen LogP) is 3.58. The van der Waals surface area contributed by atoms with Gasteiger partial charge in [0.2, 0.25) is 5.91 Å². The maximum atomic E-state index is 12.8. The number of hydrogen-bond donors (Lipinski definition) is 3. The predicted molar refractivity (Wildman–Crippen MR) is 109 cm³/mol. The van der Waals surface area contributed by atoms with Gasteiger partial charge in [-0.2, -0.15) is 0 Å². The molecule has 2 aliphatic carbocycles.